The van der Waals surface area contributed by atoms with Crippen LogP contribution < -0.4 is 0 Å². The number of tetrazole rings is 1. The fourth-order valence-electron chi connectivity index (χ4n) is 2.22. The van der Waals surface area contributed by atoms with Crippen molar-refractivity contribution in [2.45, 2.75) is 19.8 Å². The second kappa shape index (κ2) is 6.41. The van der Waals surface area contributed by atoms with Crippen molar-refractivity contribution in [3.05, 3.63) is 41.7 Å². The van der Waals surface area contributed by atoms with Crippen LogP contribution in [0.25, 0.3) is 11.8 Å². The lowest BCUT2D eigenvalue weighted by molar-refractivity contribution is -0.193. The lowest BCUT2D eigenvalue weighted by Crippen LogP contribution is -2.31. The zero-order valence-corrected chi connectivity index (χ0v) is 12.7. The van der Waals surface area contributed by atoms with Crippen LogP contribution in [0.2, 0.25) is 0 Å². The monoisotopic (exact) mass is 327 g/mol. The normalized spacial score (nSPS) is 14.6. The summed E-state index contributed by atoms with van der Waals surface area (Å²) in [5.41, 5.74) is 2.33. The number of rotatable bonds is 4. The van der Waals surface area contributed by atoms with E-state index in [0.717, 1.165) is 11.6 Å². The number of hydrogen-bond donors (Lipinski definition) is 0. The molecule has 0 aliphatic carbocycles. The van der Waals surface area contributed by atoms with Gasteiger partial charge in [-0.2, -0.15) is 4.68 Å². The first-order valence-corrected chi connectivity index (χ1v) is 7.14. The van der Waals surface area contributed by atoms with Gasteiger partial charge < -0.3 is 4.84 Å². The Morgan fingerprint density at radius 2 is 2.00 bits per heavy atom. The van der Waals surface area contributed by atoms with Crippen molar-refractivity contribution in [1.82, 2.24) is 25.3 Å². The van der Waals surface area contributed by atoms with Crippen molar-refractivity contribution in [3.8, 4) is 5.69 Å². The average molecular weight is 327 g/mol. The average Bonchev–Trinajstić information content (AvgIpc) is 3.19. The van der Waals surface area contributed by atoms with Crippen molar-refractivity contribution in [1.29, 1.82) is 0 Å². The molecular formula is C15H13N5O4. The Balaban J connectivity index is 1.79. The standard InChI is InChI=1S/C15H13N5O4/c1-10-2-4-12(19-9-16-17-18-19)11(8-10)3-7-15(23)24-20-13(21)5-6-14(20)22/h2-4,7-9H,5-6H2,1H3/b7-3+. The second-order valence-electron chi connectivity index (χ2n) is 5.14. The summed E-state index contributed by atoms with van der Waals surface area (Å²) in [6.45, 7) is 1.90. The molecule has 1 aliphatic heterocycles. The molecular weight excluding hydrogens is 314 g/mol. The van der Waals surface area contributed by atoms with Crippen LogP contribution in [0.3, 0.4) is 0 Å². The van der Waals surface area contributed by atoms with Crippen LogP contribution in [-0.2, 0) is 19.2 Å². The van der Waals surface area contributed by atoms with Crippen LogP contribution in [0.5, 0.6) is 0 Å². The third-order valence-corrected chi connectivity index (χ3v) is 3.36. The Labute approximate surface area is 136 Å². The van der Waals surface area contributed by atoms with Gasteiger partial charge in [-0.05, 0) is 35.6 Å². The number of imide groups is 1. The molecule has 0 saturated carbocycles. The third-order valence-electron chi connectivity index (χ3n) is 3.36. The minimum absolute atomic E-state index is 0.0527. The molecule has 0 unspecified atom stereocenters. The molecule has 9 nitrogen and oxygen atoms in total. The Bertz CT molecular complexity index is 812. The van der Waals surface area contributed by atoms with Crippen molar-refractivity contribution in [2.75, 3.05) is 0 Å². The van der Waals surface area contributed by atoms with E-state index in [1.807, 2.05) is 25.1 Å². The molecule has 24 heavy (non-hydrogen) atoms. The number of amides is 2. The van der Waals surface area contributed by atoms with E-state index >= 15 is 0 Å². The number of benzene rings is 1. The molecule has 1 aromatic heterocycles. The molecule has 0 spiro atoms. The minimum atomic E-state index is -0.817. The van der Waals surface area contributed by atoms with Crippen LogP contribution in [0.15, 0.2) is 30.6 Å². The zero-order valence-electron chi connectivity index (χ0n) is 12.7. The van der Waals surface area contributed by atoms with Gasteiger partial charge in [0.1, 0.15) is 6.33 Å². The Morgan fingerprint density at radius 1 is 1.25 bits per heavy atom. The van der Waals surface area contributed by atoms with Crippen LogP contribution in [0.4, 0.5) is 0 Å². The van der Waals surface area contributed by atoms with E-state index in [-0.39, 0.29) is 12.8 Å². The van der Waals surface area contributed by atoms with Gasteiger partial charge in [-0.1, -0.05) is 11.6 Å². The number of hydrogen-bond acceptors (Lipinski definition) is 7. The first-order valence-electron chi connectivity index (χ1n) is 7.14. The predicted octanol–water partition coefficient (Wildman–Crippen LogP) is 0.591. The summed E-state index contributed by atoms with van der Waals surface area (Å²) in [5.74, 6) is -1.86. The molecule has 0 radical (unpaired) electrons. The van der Waals surface area contributed by atoms with E-state index in [9.17, 15) is 14.4 Å². The molecule has 1 saturated heterocycles. The van der Waals surface area contributed by atoms with Crippen molar-refractivity contribution in [2.24, 2.45) is 0 Å². The topological polar surface area (TPSA) is 107 Å². The second-order valence-corrected chi connectivity index (χ2v) is 5.14. The minimum Gasteiger partial charge on any atom is -0.326 e. The number of carbonyl (C=O) groups is 3. The van der Waals surface area contributed by atoms with Crippen molar-refractivity contribution in [3.63, 3.8) is 0 Å². The quantitative estimate of drug-likeness (QED) is 0.597. The Morgan fingerprint density at radius 3 is 2.67 bits per heavy atom. The number of aryl methyl sites for hydroxylation is 1. The molecule has 3 rings (SSSR count). The van der Waals surface area contributed by atoms with E-state index in [2.05, 4.69) is 15.5 Å². The summed E-state index contributed by atoms with van der Waals surface area (Å²) in [6.07, 6.45) is 4.19. The smallest absolute Gasteiger partial charge is 0.326 e. The first-order chi connectivity index (χ1) is 11.5. The first kappa shape index (κ1) is 15.5. The van der Waals surface area contributed by atoms with Crippen LogP contribution in [0.1, 0.15) is 24.0 Å². The van der Waals surface area contributed by atoms with Gasteiger partial charge in [-0.25, -0.2) is 4.79 Å². The lowest BCUT2D eigenvalue weighted by Gasteiger charge is -2.10. The highest BCUT2D eigenvalue weighted by Gasteiger charge is 2.32. The molecule has 1 aliphatic rings. The SMILES string of the molecule is Cc1ccc(-n2cnnn2)c(/C=C/C(=O)ON2C(=O)CCC2=O)c1. The summed E-state index contributed by atoms with van der Waals surface area (Å²) in [6, 6.07) is 5.53. The zero-order chi connectivity index (χ0) is 17.1. The van der Waals surface area contributed by atoms with E-state index in [0.29, 0.717) is 16.3 Å². The summed E-state index contributed by atoms with van der Waals surface area (Å²) in [5, 5.41) is 11.5. The highest BCUT2D eigenvalue weighted by Crippen LogP contribution is 2.17. The molecule has 0 bridgehead atoms. The third kappa shape index (κ3) is 3.19. The van der Waals surface area contributed by atoms with Crippen LogP contribution in [-0.4, -0.2) is 43.1 Å². The van der Waals surface area contributed by atoms with Crippen LogP contribution >= 0.6 is 0 Å². The summed E-state index contributed by atoms with van der Waals surface area (Å²) < 4.78 is 1.46. The number of aromatic nitrogens is 4. The molecule has 1 fully saturated rings. The molecule has 0 atom stereocenters. The highest BCUT2D eigenvalue weighted by molar-refractivity contribution is 6.02. The maximum Gasteiger partial charge on any atom is 0.356 e. The summed E-state index contributed by atoms with van der Waals surface area (Å²) in [4.78, 5) is 39.5. The molecule has 9 heteroatoms. The van der Waals surface area contributed by atoms with Gasteiger partial charge in [0, 0.05) is 24.5 Å². The number of hydroxylamine groups is 2. The van der Waals surface area contributed by atoms with Gasteiger partial charge in [0.2, 0.25) is 0 Å². The number of carbonyl (C=O) groups excluding carboxylic acids is 3. The predicted molar refractivity (Wildman–Crippen MR) is 80.1 cm³/mol. The molecule has 2 amide bonds. The van der Waals surface area contributed by atoms with Crippen LogP contribution in [0, 0.1) is 6.92 Å². The largest absolute Gasteiger partial charge is 0.356 e. The molecule has 2 aromatic rings. The van der Waals surface area contributed by atoms with Gasteiger partial charge in [-0.3, -0.25) is 9.59 Å². The Kier molecular flexibility index (Phi) is 4.15. The van der Waals surface area contributed by atoms with Gasteiger partial charge in [0.05, 0.1) is 5.69 Å². The van der Waals surface area contributed by atoms with E-state index in [4.69, 9.17) is 4.84 Å². The van der Waals surface area contributed by atoms with E-state index in [1.54, 1.807) is 0 Å². The van der Waals surface area contributed by atoms with E-state index < -0.39 is 17.8 Å². The maximum absolute atomic E-state index is 11.8. The molecule has 2 heterocycles. The Hall–Kier alpha value is -3.36. The van der Waals surface area contributed by atoms with Gasteiger partial charge in [-0.15, -0.1) is 10.2 Å². The van der Waals surface area contributed by atoms with Crippen molar-refractivity contribution < 1.29 is 19.2 Å². The van der Waals surface area contributed by atoms with Gasteiger partial charge in [0.15, 0.2) is 0 Å². The molecule has 1 aromatic carbocycles. The fourth-order valence-corrected chi connectivity index (χ4v) is 2.22. The van der Waals surface area contributed by atoms with E-state index in [1.165, 1.54) is 17.1 Å². The summed E-state index contributed by atoms with van der Waals surface area (Å²) >= 11 is 0. The lowest BCUT2D eigenvalue weighted by atomic mass is 10.1. The molecule has 0 N–H and O–H groups in total. The molecule has 122 valence electrons. The maximum atomic E-state index is 11.8. The van der Waals surface area contributed by atoms with Gasteiger partial charge in [0.25, 0.3) is 11.8 Å². The van der Waals surface area contributed by atoms with Gasteiger partial charge >= 0.3 is 5.97 Å². The summed E-state index contributed by atoms with van der Waals surface area (Å²) in [7, 11) is 0. The van der Waals surface area contributed by atoms with Crippen molar-refractivity contribution >= 4 is 23.9 Å². The fraction of sp³-hybridized carbons (Fsp3) is 0.200. The highest BCUT2D eigenvalue weighted by atomic mass is 16.7. The number of nitrogens with zero attached hydrogens (tertiary/aromatic N) is 5.